The van der Waals surface area contributed by atoms with Crippen LogP contribution in [0.2, 0.25) is 0 Å². The second-order valence-electron chi connectivity index (χ2n) is 5.30. The fraction of sp³-hybridized carbons (Fsp3) is 0.786. The molecular formula is C14H23NO3. The molecule has 0 aromatic rings. The third-order valence-electron chi connectivity index (χ3n) is 3.98. The molecule has 0 radical (unpaired) electrons. The van der Waals surface area contributed by atoms with Gasteiger partial charge in [0.2, 0.25) is 0 Å². The lowest BCUT2D eigenvalue weighted by atomic mass is 9.87. The van der Waals surface area contributed by atoms with E-state index in [0.717, 1.165) is 44.3 Å². The lowest BCUT2D eigenvalue weighted by Gasteiger charge is -2.39. The molecule has 4 nitrogen and oxygen atoms in total. The second-order valence-corrected chi connectivity index (χ2v) is 5.30. The lowest BCUT2D eigenvalue weighted by Crippen LogP contribution is -2.46. The standard InChI is InChI=1S/C14H23NO3/c1-12(2)14(6-10-17-11-7-14)18-13(16)15-8-4-3-5-9-15/h1,3-11H2,2H3. The Hall–Kier alpha value is -1.03. The number of rotatable bonds is 2. The van der Waals surface area contributed by atoms with Gasteiger partial charge in [0.1, 0.15) is 5.60 Å². The maximum Gasteiger partial charge on any atom is 0.410 e. The van der Waals surface area contributed by atoms with Crippen molar-refractivity contribution < 1.29 is 14.3 Å². The minimum absolute atomic E-state index is 0.181. The molecule has 18 heavy (non-hydrogen) atoms. The van der Waals surface area contributed by atoms with E-state index in [-0.39, 0.29) is 6.09 Å². The minimum Gasteiger partial charge on any atom is -0.438 e. The van der Waals surface area contributed by atoms with Crippen LogP contribution in [0.3, 0.4) is 0 Å². The van der Waals surface area contributed by atoms with E-state index < -0.39 is 5.60 Å². The topological polar surface area (TPSA) is 38.8 Å². The summed E-state index contributed by atoms with van der Waals surface area (Å²) in [5.41, 5.74) is 0.420. The zero-order valence-corrected chi connectivity index (χ0v) is 11.2. The average molecular weight is 253 g/mol. The molecule has 2 rings (SSSR count). The number of likely N-dealkylation sites (tertiary alicyclic amines) is 1. The summed E-state index contributed by atoms with van der Waals surface area (Å²) >= 11 is 0. The van der Waals surface area contributed by atoms with Crippen LogP contribution in [0.1, 0.15) is 39.0 Å². The van der Waals surface area contributed by atoms with Crippen LogP contribution in [0.15, 0.2) is 12.2 Å². The molecule has 1 amide bonds. The van der Waals surface area contributed by atoms with E-state index in [1.54, 1.807) is 0 Å². The highest BCUT2D eigenvalue weighted by Gasteiger charge is 2.38. The summed E-state index contributed by atoms with van der Waals surface area (Å²) in [6.07, 6.45) is 4.64. The molecule has 0 unspecified atom stereocenters. The van der Waals surface area contributed by atoms with Crippen LogP contribution in [0.25, 0.3) is 0 Å². The fourth-order valence-corrected chi connectivity index (χ4v) is 2.63. The van der Waals surface area contributed by atoms with Crippen LogP contribution < -0.4 is 0 Å². The molecule has 0 aliphatic carbocycles. The van der Waals surface area contributed by atoms with E-state index in [4.69, 9.17) is 9.47 Å². The molecule has 2 saturated heterocycles. The van der Waals surface area contributed by atoms with E-state index in [1.807, 2.05) is 11.8 Å². The van der Waals surface area contributed by atoms with Gasteiger partial charge in [-0.3, -0.25) is 0 Å². The summed E-state index contributed by atoms with van der Waals surface area (Å²) in [6.45, 7) is 8.86. The van der Waals surface area contributed by atoms with Crippen molar-refractivity contribution in [3.05, 3.63) is 12.2 Å². The van der Waals surface area contributed by atoms with E-state index in [1.165, 1.54) is 6.42 Å². The van der Waals surface area contributed by atoms with Crippen molar-refractivity contribution in [1.29, 1.82) is 0 Å². The highest BCUT2D eigenvalue weighted by Crippen LogP contribution is 2.32. The molecular weight excluding hydrogens is 230 g/mol. The molecule has 2 aliphatic rings. The zero-order chi connectivity index (χ0) is 13.0. The average Bonchev–Trinajstić information content (AvgIpc) is 2.40. The van der Waals surface area contributed by atoms with Crippen LogP contribution in [0.5, 0.6) is 0 Å². The maximum atomic E-state index is 12.2. The van der Waals surface area contributed by atoms with Crippen molar-refractivity contribution in [3.8, 4) is 0 Å². The number of hydrogen-bond donors (Lipinski definition) is 0. The first kappa shape index (κ1) is 13.4. The maximum absolute atomic E-state index is 12.2. The quantitative estimate of drug-likeness (QED) is 0.710. The molecule has 2 heterocycles. The summed E-state index contributed by atoms with van der Waals surface area (Å²) in [4.78, 5) is 14.0. The van der Waals surface area contributed by atoms with Gasteiger partial charge in [0.05, 0.1) is 13.2 Å². The van der Waals surface area contributed by atoms with Crippen LogP contribution >= 0.6 is 0 Å². The molecule has 0 aromatic carbocycles. The predicted octanol–water partition coefficient (Wildman–Crippen LogP) is 2.73. The number of carbonyl (C=O) groups is 1. The Morgan fingerprint density at radius 3 is 2.39 bits per heavy atom. The molecule has 0 saturated carbocycles. The molecule has 0 N–H and O–H groups in total. The number of piperidine rings is 1. The molecule has 0 aromatic heterocycles. The van der Waals surface area contributed by atoms with Crippen molar-refractivity contribution in [1.82, 2.24) is 4.90 Å². The number of hydrogen-bond acceptors (Lipinski definition) is 3. The largest absolute Gasteiger partial charge is 0.438 e. The van der Waals surface area contributed by atoms with Crippen molar-refractivity contribution in [2.45, 2.75) is 44.6 Å². The highest BCUT2D eigenvalue weighted by molar-refractivity contribution is 5.68. The second kappa shape index (κ2) is 5.74. The summed E-state index contributed by atoms with van der Waals surface area (Å²) in [5.74, 6) is 0. The van der Waals surface area contributed by atoms with Crippen LogP contribution in [-0.2, 0) is 9.47 Å². The number of carbonyl (C=O) groups excluding carboxylic acids is 1. The highest BCUT2D eigenvalue weighted by atomic mass is 16.6. The molecule has 0 atom stereocenters. The normalized spacial score (nSPS) is 23.5. The predicted molar refractivity (Wildman–Crippen MR) is 69.5 cm³/mol. The fourth-order valence-electron chi connectivity index (χ4n) is 2.63. The first-order valence-electron chi connectivity index (χ1n) is 6.86. The van der Waals surface area contributed by atoms with Gasteiger partial charge in [-0.1, -0.05) is 6.58 Å². The Balaban J connectivity index is 1.99. The van der Waals surface area contributed by atoms with Gasteiger partial charge in [0.25, 0.3) is 0 Å². The Bertz CT molecular complexity index is 315. The van der Waals surface area contributed by atoms with E-state index in [0.29, 0.717) is 13.2 Å². The Morgan fingerprint density at radius 2 is 1.83 bits per heavy atom. The number of nitrogens with zero attached hydrogens (tertiary/aromatic N) is 1. The lowest BCUT2D eigenvalue weighted by molar-refractivity contribution is -0.0595. The monoisotopic (exact) mass is 253 g/mol. The van der Waals surface area contributed by atoms with Crippen molar-refractivity contribution in [3.63, 3.8) is 0 Å². The van der Waals surface area contributed by atoms with Gasteiger partial charge in [0, 0.05) is 25.9 Å². The molecule has 0 bridgehead atoms. The van der Waals surface area contributed by atoms with Gasteiger partial charge < -0.3 is 14.4 Å². The van der Waals surface area contributed by atoms with E-state index in [9.17, 15) is 4.79 Å². The Morgan fingerprint density at radius 1 is 1.22 bits per heavy atom. The third kappa shape index (κ3) is 2.86. The first-order valence-corrected chi connectivity index (χ1v) is 6.86. The van der Waals surface area contributed by atoms with E-state index >= 15 is 0 Å². The van der Waals surface area contributed by atoms with Gasteiger partial charge in [-0.15, -0.1) is 0 Å². The third-order valence-corrected chi connectivity index (χ3v) is 3.98. The first-order chi connectivity index (χ1) is 8.64. The van der Waals surface area contributed by atoms with Crippen molar-refractivity contribution in [2.75, 3.05) is 26.3 Å². The smallest absolute Gasteiger partial charge is 0.410 e. The number of ether oxygens (including phenoxy) is 2. The molecule has 4 heteroatoms. The van der Waals surface area contributed by atoms with Gasteiger partial charge in [0.15, 0.2) is 0 Å². The summed E-state index contributed by atoms with van der Waals surface area (Å²) < 4.78 is 11.1. The number of amides is 1. The molecule has 2 fully saturated rings. The van der Waals surface area contributed by atoms with Crippen LogP contribution in [-0.4, -0.2) is 42.9 Å². The summed E-state index contributed by atoms with van der Waals surface area (Å²) in [7, 11) is 0. The van der Waals surface area contributed by atoms with Crippen molar-refractivity contribution in [2.24, 2.45) is 0 Å². The van der Waals surface area contributed by atoms with Gasteiger partial charge in [-0.2, -0.15) is 0 Å². The van der Waals surface area contributed by atoms with Gasteiger partial charge in [-0.05, 0) is 31.8 Å². The molecule has 102 valence electrons. The summed E-state index contributed by atoms with van der Waals surface area (Å²) in [6, 6.07) is 0. The zero-order valence-electron chi connectivity index (χ0n) is 11.2. The SMILES string of the molecule is C=C(C)C1(OC(=O)N2CCCCC2)CCOCC1. The minimum atomic E-state index is -0.507. The van der Waals surface area contributed by atoms with Gasteiger partial charge in [-0.25, -0.2) is 4.79 Å². The van der Waals surface area contributed by atoms with E-state index in [2.05, 4.69) is 6.58 Å². The Labute approximate surface area is 109 Å². The summed E-state index contributed by atoms with van der Waals surface area (Å²) in [5, 5.41) is 0. The van der Waals surface area contributed by atoms with Crippen molar-refractivity contribution >= 4 is 6.09 Å². The van der Waals surface area contributed by atoms with Crippen LogP contribution in [0.4, 0.5) is 4.79 Å². The van der Waals surface area contributed by atoms with Crippen LogP contribution in [0, 0.1) is 0 Å². The molecule has 0 spiro atoms. The van der Waals surface area contributed by atoms with Gasteiger partial charge >= 0.3 is 6.09 Å². The molecule has 2 aliphatic heterocycles. The Kier molecular flexibility index (Phi) is 4.27.